The summed E-state index contributed by atoms with van der Waals surface area (Å²) in [5, 5.41) is 3.53. The summed E-state index contributed by atoms with van der Waals surface area (Å²) < 4.78 is 28.6. The third kappa shape index (κ3) is 4.62. The second-order valence-corrected chi connectivity index (χ2v) is 9.52. The van der Waals surface area contributed by atoms with Gasteiger partial charge in [-0.05, 0) is 79.9 Å². The number of fused-ring (bicyclic) bond motifs is 1. The fourth-order valence-corrected chi connectivity index (χ4v) is 4.46. The number of anilines is 3. The first-order valence-electron chi connectivity index (χ1n) is 9.62. The summed E-state index contributed by atoms with van der Waals surface area (Å²) in [6.07, 6.45) is 0. The van der Waals surface area contributed by atoms with E-state index in [4.69, 9.17) is 11.6 Å². The molecule has 158 valence electrons. The minimum atomic E-state index is -3.92. The zero-order chi connectivity index (χ0) is 22.2. The van der Waals surface area contributed by atoms with Crippen LogP contribution < -0.4 is 10.0 Å². The van der Waals surface area contributed by atoms with Crippen molar-refractivity contribution in [3.63, 3.8) is 0 Å². The number of hydrogen-bond donors (Lipinski definition) is 2. The fourth-order valence-electron chi connectivity index (χ4n) is 3.15. The van der Waals surface area contributed by atoms with Gasteiger partial charge in [0.2, 0.25) is 0 Å². The van der Waals surface area contributed by atoms with Crippen LogP contribution in [0, 0.1) is 20.8 Å². The summed E-state index contributed by atoms with van der Waals surface area (Å²) in [6, 6.07) is 17.6. The van der Waals surface area contributed by atoms with E-state index in [0.29, 0.717) is 21.9 Å². The molecule has 0 bridgehead atoms. The van der Waals surface area contributed by atoms with Crippen molar-refractivity contribution < 1.29 is 8.42 Å². The molecule has 0 spiro atoms. The lowest BCUT2D eigenvalue weighted by Gasteiger charge is -2.15. The molecule has 0 amide bonds. The summed E-state index contributed by atoms with van der Waals surface area (Å²) in [4.78, 5) is 9.30. The van der Waals surface area contributed by atoms with Gasteiger partial charge in [-0.1, -0.05) is 29.8 Å². The zero-order valence-corrected chi connectivity index (χ0v) is 18.8. The summed E-state index contributed by atoms with van der Waals surface area (Å²) in [6.45, 7) is 5.96. The van der Waals surface area contributed by atoms with E-state index in [-0.39, 0.29) is 10.7 Å². The van der Waals surface area contributed by atoms with E-state index < -0.39 is 10.0 Å². The molecule has 2 N–H and O–H groups in total. The Labute approximate surface area is 186 Å². The van der Waals surface area contributed by atoms with E-state index in [0.717, 1.165) is 22.4 Å². The van der Waals surface area contributed by atoms with Gasteiger partial charge in [0.15, 0.2) is 11.6 Å². The largest absolute Gasteiger partial charge is 0.337 e. The van der Waals surface area contributed by atoms with Gasteiger partial charge in [-0.2, -0.15) is 0 Å². The van der Waals surface area contributed by atoms with Crippen molar-refractivity contribution in [2.24, 2.45) is 0 Å². The summed E-state index contributed by atoms with van der Waals surface area (Å²) >= 11 is 5.99. The average Bonchev–Trinajstić information content (AvgIpc) is 2.70. The van der Waals surface area contributed by atoms with Crippen LogP contribution in [0.4, 0.5) is 17.3 Å². The third-order valence-electron chi connectivity index (χ3n) is 4.90. The summed E-state index contributed by atoms with van der Waals surface area (Å²) in [7, 11) is -3.92. The van der Waals surface area contributed by atoms with E-state index in [1.54, 1.807) is 12.1 Å². The smallest absolute Gasteiger partial charge is 0.263 e. The molecule has 4 aromatic rings. The highest BCUT2D eigenvalue weighted by Gasteiger charge is 2.19. The van der Waals surface area contributed by atoms with Gasteiger partial charge in [0.1, 0.15) is 0 Å². The molecule has 0 atom stereocenters. The molecule has 0 radical (unpaired) electrons. The lowest BCUT2D eigenvalue weighted by molar-refractivity contribution is 0.601. The Kier molecular flexibility index (Phi) is 5.56. The van der Waals surface area contributed by atoms with Crippen molar-refractivity contribution >= 4 is 50.0 Å². The SMILES string of the molecule is Cc1cccc(Nc2nc3cc(C)c(C)cc3nc2NS(=O)(=O)c2cccc(Cl)c2)c1. The molecule has 4 rings (SSSR count). The van der Waals surface area contributed by atoms with Crippen molar-refractivity contribution in [1.82, 2.24) is 9.97 Å². The van der Waals surface area contributed by atoms with E-state index in [1.807, 2.05) is 57.2 Å². The number of hydrogen-bond acceptors (Lipinski definition) is 5. The quantitative estimate of drug-likeness (QED) is 0.402. The van der Waals surface area contributed by atoms with Gasteiger partial charge in [-0.15, -0.1) is 0 Å². The van der Waals surface area contributed by atoms with Crippen LogP contribution in [-0.2, 0) is 10.0 Å². The molecule has 1 heterocycles. The molecule has 1 aromatic heterocycles. The minimum Gasteiger partial charge on any atom is -0.337 e. The number of nitrogens with zero attached hydrogens (tertiary/aromatic N) is 2. The van der Waals surface area contributed by atoms with Crippen LogP contribution >= 0.6 is 11.6 Å². The van der Waals surface area contributed by atoms with Crippen LogP contribution in [0.2, 0.25) is 5.02 Å². The molecule has 0 fully saturated rings. The molecule has 0 unspecified atom stereocenters. The van der Waals surface area contributed by atoms with Gasteiger partial charge in [0.25, 0.3) is 10.0 Å². The van der Waals surface area contributed by atoms with E-state index in [9.17, 15) is 8.42 Å². The Bertz CT molecular complexity index is 1400. The maximum Gasteiger partial charge on any atom is 0.263 e. The fraction of sp³-hybridized carbons (Fsp3) is 0.130. The summed E-state index contributed by atoms with van der Waals surface area (Å²) in [5.41, 5.74) is 5.23. The first-order chi connectivity index (χ1) is 14.7. The Morgan fingerprint density at radius 3 is 2.10 bits per heavy atom. The van der Waals surface area contributed by atoms with Gasteiger partial charge < -0.3 is 5.32 Å². The number of rotatable bonds is 5. The second kappa shape index (κ2) is 8.17. The van der Waals surface area contributed by atoms with E-state index in [2.05, 4.69) is 20.0 Å². The molecule has 0 aliphatic rings. The van der Waals surface area contributed by atoms with Crippen molar-refractivity contribution in [1.29, 1.82) is 0 Å². The summed E-state index contributed by atoms with van der Waals surface area (Å²) in [5.74, 6) is 0.421. The number of benzene rings is 3. The molecular formula is C23H21ClN4O2S. The maximum absolute atomic E-state index is 13.0. The Morgan fingerprint density at radius 2 is 1.45 bits per heavy atom. The number of halogens is 1. The molecule has 0 aliphatic carbocycles. The van der Waals surface area contributed by atoms with Crippen LogP contribution in [0.5, 0.6) is 0 Å². The van der Waals surface area contributed by atoms with Crippen LogP contribution in [0.1, 0.15) is 16.7 Å². The van der Waals surface area contributed by atoms with Crippen LogP contribution in [0.15, 0.2) is 65.6 Å². The van der Waals surface area contributed by atoms with Crippen molar-refractivity contribution in [2.45, 2.75) is 25.7 Å². The van der Waals surface area contributed by atoms with Gasteiger partial charge in [0, 0.05) is 10.7 Å². The van der Waals surface area contributed by atoms with E-state index >= 15 is 0 Å². The maximum atomic E-state index is 13.0. The number of aromatic nitrogens is 2. The topological polar surface area (TPSA) is 84.0 Å². The number of sulfonamides is 1. The van der Waals surface area contributed by atoms with Gasteiger partial charge in [-0.3, -0.25) is 4.72 Å². The Hall–Kier alpha value is -3.16. The lowest BCUT2D eigenvalue weighted by atomic mass is 10.1. The van der Waals surface area contributed by atoms with Crippen molar-refractivity contribution in [3.8, 4) is 0 Å². The second-order valence-electron chi connectivity index (χ2n) is 7.40. The Morgan fingerprint density at radius 1 is 0.806 bits per heavy atom. The predicted octanol–water partition coefficient (Wildman–Crippen LogP) is 5.75. The molecular weight excluding hydrogens is 432 g/mol. The molecule has 0 aliphatic heterocycles. The highest BCUT2D eigenvalue weighted by molar-refractivity contribution is 7.92. The highest BCUT2D eigenvalue weighted by atomic mass is 35.5. The first-order valence-corrected chi connectivity index (χ1v) is 11.5. The Balaban J connectivity index is 1.84. The minimum absolute atomic E-state index is 0.0449. The highest BCUT2D eigenvalue weighted by Crippen LogP contribution is 2.29. The predicted molar refractivity (Wildman–Crippen MR) is 126 cm³/mol. The first kappa shape index (κ1) is 21.1. The van der Waals surface area contributed by atoms with Crippen LogP contribution in [0.25, 0.3) is 11.0 Å². The number of aryl methyl sites for hydroxylation is 3. The van der Waals surface area contributed by atoms with Crippen molar-refractivity contribution in [2.75, 3.05) is 10.0 Å². The zero-order valence-electron chi connectivity index (χ0n) is 17.3. The average molecular weight is 453 g/mol. The monoisotopic (exact) mass is 452 g/mol. The normalized spacial score (nSPS) is 11.5. The van der Waals surface area contributed by atoms with Crippen molar-refractivity contribution in [3.05, 3.63) is 82.4 Å². The van der Waals surface area contributed by atoms with Gasteiger partial charge >= 0.3 is 0 Å². The van der Waals surface area contributed by atoms with Gasteiger partial charge in [-0.25, -0.2) is 18.4 Å². The molecule has 31 heavy (non-hydrogen) atoms. The number of nitrogens with one attached hydrogen (secondary N) is 2. The molecule has 6 nitrogen and oxygen atoms in total. The standard InChI is InChI=1S/C23H21ClN4O2S/c1-14-6-4-8-18(10-14)25-22-23(27-21-12-16(3)15(2)11-20(21)26-22)28-31(29,30)19-9-5-7-17(24)13-19/h4-13H,1-3H3,(H,25,26)(H,27,28). The van der Waals surface area contributed by atoms with Crippen LogP contribution in [-0.4, -0.2) is 18.4 Å². The lowest BCUT2D eigenvalue weighted by Crippen LogP contribution is -2.16. The van der Waals surface area contributed by atoms with Gasteiger partial charge in [0.05, 0.1) is 15.9 Å². The molecule has 3 aromatic carbocycles. The molecule has 0 saturated heterocycles. The molecule has 8 heteroatoms. The van der Waals surface area contributed by atoms with E-state index in [1.165, 1.54) is 12.1 Å². The molecule has 0 saturated carbocycles. The third-order valence-corrected chi connectivity index (χ3v) is 6.47. The van der Waals surface area contributed by atoms with Crippen LogP contribution in [0.3, 0.4) is 0 Å².